The van der Waals surface area contributed by atoms with Crippen LogP contribution in [0.5, 0.6) is 5.75 Å². The molecule has 1 saturated heterocycles. The first-order valence-electron chi connectivity index (χ1n) is 9.59. The average Bonchev–Trinajstić information content (AvgIpc) is 2.75. The molecule has 1 amide bonds. The van der Waals surface area contributed by atoms with E-state index in [-0.39, 0.29) is 12.5 Å². The Hall–Kier alpha value is -2.61. The molecule has 0 bridgehead atoms. The predicted octanol–water partition coefficient (Wildman–Crippen LogP) is 3.24. The van der Waals surface area contributed by atoms with Gasteiger partial charge in [-0.15, -0.1) is 0 Å². The second-order valence-corrected chi connectivity index (χ2v) is 7.91. The van der Waals surface area contributed by atoms with E-state index in [9.17, 15) is 4.79 Å². The summed E-state index contributed by atoms with van der Waals surface area (Å²) in [7, 11) is 0. The molecule has 0 unspecified atom stereocenters. The third kappa shape index (κ3) is 4.75. The van der Waals surface area contributed by atoms with Crippen LogP contribution in [0.2, 0.25) is 10.0 Å². The van der Waals surface area contributed by atoms with Crippen molar-refractivity contribution >= 4 is 45.8 Å². The SMILES string of the molecule is Nc1nc(CN2CCN(C(=O)COc3cc(Cl)ccc3Cl)CC2)nc2ccccc12. The van der Waals surface area contributed by atoms with Crippen molar-refractivity contribution in [1.82, 2.24) is 19.8 Å². The first-order valence-corrected chi connectivity index (χ1v) is 10.3. The van der Waals surface area contributed by atoms with Crippen molar-refractivity contribution in [2.75, 3.05) is 38.5 Å². The van der Waals surface area contributed by atoms with Gasteiger partial charge in [-0.05, 0) is 24.3 Å². The van der Waals surface area contributed by atoms with Crippen LogP contribution in [-0.2, 0) is 11.3 Å². The van der Waals surface area contributed by atoms with Crippen LogP contribution in [0.4, 0.5) is 5.82 Å². The van der Waals surface area contributed by atoms with Crippen molar-refractivity contribution in [1.29, 1.82) is 0 Å². The number of carbonyl (C=O) groups is 1. The number of piperazine rings is 1. The third-order valence-electron chi connectivity index (χ3n) is 5.01. The fraction of sp³-hybridized carbons (Fsp3) is 0.286. The van der Waals surface area contributed by atoms with Gasteiger partial charge in [0.2, 0.25) is 0 Å². The molecule has 1 aliphatic rings. The summed E-state index contributed by atoms with van der Waals surface area (Å²) in [5, 5.41) is 1.79. The van der Waals surface area contributed by atoms with Gasteiger partial charge in [0.15, 0.2) is 6.61 Å². The topological polar surface area (TPSA) is 84.6 Å². The lowest BCUT2D eigenvalue weighted by Gasteiger charge is -2.34. The maximum atomic E-state index is 12.5. The van der Waals surface area contributed by atoms with E-state index in [0.717, 1.165) is 24.0 Å². The number of hydrogen-bond acceptors (Lipinski definition) is 6. The number of aromatic nitrogens is 2. The molecule has 2 heterocycles. The summed E-state index contributed by atoms with van der Waals surface area (Å²) >= 11 is 12.0. The summed E-state index contributed by atoms with van der Waals surface area (Å²) in [6.45, 7) is 3.17. The number of nitrogen functional groups attached to an aromatic ring is 1. The number of benzene rings is 2. The lowest BCUT2D eigenvalue weighted by atomic mass is 10.2. The predicted molar refractivity (Wildman–Crippen MR) is 118 cm³/mol. The van der Waals surface area contributed by atoms with Gasteiger partial charge in [0.05, 0.1) is 17.1 Å². The smallest absolute Gasteiger partial charge is 0.260 e. The summed E-state index contributed by atoms with van der Waals surface area (Å²) in [6, 6.07) is 12.6. The molecular weight excluding hydrogens is 425 g/mol. The number of carbonyl (C=O) groups excluding carboxylic acids is 1. The van der Waals surface area contributed by atoms with Gasteiger partial charge in [0, 0.05) is 42.7 Å². The highest BCUT2D eigenvalue weighted by atomic mass is 35.5. The number of nitrogens with zero attached hydrogens (tertiary/aromatic N) is 4. The number of anilines is 1. The van der Waals surface area contributed by atoms with Crippen molar-refractivity contribution in [3.05, 3.63) is 58.3 Å². The maximum absolute atomic E-state index is 12.5. The maximum Gasteiger partial charge on any atom is 0.260 e. The van der Waals surface area contributed by atoms with Gasteiger partial charge >= 0.3 is 0 Å². The van der Waals surface area contributed by atoms with Crippen LogP contribution in [0, 0.1) is 0 Å². The molecule has 0 aliphatic carbocycles. The summed E-state index contributed by atoms with van der Waals surface area (Å²) in [5.74, 6) is 1.49. The lowest BCUT2D eigenvalue weighted by Crippen LogP contribution is -2.49. The van der Waals surface area contributed by atoms with Crippen molar-refractivity contribution in [2.45, 2.75) is 6.54 Å². The molecule has 156 valence electrons. The van der Waals surface area contributed by atoms with Gasteiger partial charge in [0.25, 0.3) is 5.91 Å². The van der Waals surface area contributed by atoms with E-state index in [1.54, 1.807) is 23.1 Å². The number of fused-ring (bicyclic) bond motifs is 1. The number of amides is 1. The van der Waals surface area contributed by atoms with E-state index in [2.05, 4.69) is 14.9 Å². The van der Waals surface area contributed by atoms with Crippen molar-refractivity contribution in [3.63, 3.8) is 0 Å². The van der Waals surface area contributed by atoms with Crippen LogP contribution in [-0.4, -0.2) is 58.5 Å². The highest BCUT2D eigenvalue weighted by Crippen LogP contribution is 2.27. The molecular formula is C21H21Cl2N5O2. The van der Waals surface area contributed by atoms with Crippen LogP contribution in [0.15, 0.2) is 42.5 Å². The van der Waals surface area contributed by atoms with Gasteiger partial charge in [-0.25, -0.2) is 9.97 Å². The molecule has 0 saturated carbocycles. The van der Waals surface area contributed by atoms with Gasteiger partial charge in [-0.3, -0.25) is 9.69 Å². The Morgan fingerprint density at radius 2 is 1.83 bits per heavy atom. The fourth-order valence-electron chi connectivity index (χ4n) is 3.40. The minimum atomic E-state index is -0.0862. The molecule has 2 aromatic carbocycles. The molecule has 30 heavy (non-hydrogen) atoms. The van der Waals surface area contributed by atoms with E-state index in [4.69, 9.17) is 33.7 Å². The second-order valence-electron chi connectivity index (χ2n) is 7.06. The number of ether oxygens (including phenoxy) is 1. The Labute approximate surface area is 184 Å². The minimum Gasteiger partial charge on any atom is -0.482 e. The van der Waals surface area contributed by atoms with Gasteiger partial charge < -0.3 is 15.4 Å². The number of halogens is 2. The highest BCUT2D eigenvalue weighted by molar-refractivity contribution is 6.34. The summed E-state index contributed by atoms with van der Waals surface area (Å²) < 4.78 is 5.55. The Morgan fingerprint density at radius 1 is 1.07 bits per heavy atom. The van der Waals surface area contributed by atoms with Crippen molar-refractivity contribution < 1.29 is 9.53 Å². The minimum absolute atomic E-state index is 0.0790. The first-order chi connectivity index (χ1) is 14.5. The molecule has 1 aliphatic heterocycles. The molecule has 1 fully saturated rings. The van der Waals surface area contributed by atoms with Gasteiger partial charge in [-0.2, -0.15) is 0 Å². The van der Waals surface area contributed by atoms with Crippen LogP contribution < -0.4 is 10.5 Å². The molecule has 3 aromatic rings. The van der Waals surface area contributed by atoms with E-state index in [1.165, 1.54) is 0 Å². The van der Waals surface area contributed by atoms with Crippen molar-refractivity contribution in [3.8, 4) is 5.75 Å². The molecule has 0 radical (unpaired) electrons. The molecule has 4 rings (SSSR count). The lowest BCUT2D eigenvalue weighted by molar-refractivity contribution is -0.135. The van der Waals surface area contributed by atoms with E-state index in [1.807, 2.05) is 24.3 Å². The standard InChI is InChI=1S/C21H21Cl2N5O2/c22-14-5-6-16(23)18(11-14)30-13-20(29)28-9-7-27(8-10-28)12-19-25-17-4-2-1-3-15(17)21(24)26-19/h1-6,11H,7-10,12-13H2,(H2,24,25,26). The quantitative estimate of drug-likeness (QED) is 0.648. The molecule has 2 N–H and O–H groups in total. The van der Waals surface area contributed by atoms with E-state index < -0.39 is 0 Å². The zero-order valence-corrected chi connectivity index (χ0v) is 17.7. The largest absolute Gasteiger partial charge is 0.482 e. The molecule has 9 heteroatoms. The number of hydrogen-bond donors (Lipinski definition) is 1. The number of nitrogens with two attached hydrogens (primary N) is 1. The number of rotatable bonds is 5. The zero-order chi connectivity index (χ0) is 21.1. The Kier molecular flexibility index (Phi) is 6.22. The Morgan fingerprint density at radius 3 is 2.63 bits per heavy atom. The molecule has 1 aromatic heterocycles. The fourth-order valence-corrected chi connectivity index (χ4v) is 3.73. The summed E-state index contributed by atoms with van der Waals surface area (Å²) in [4.78, 5) is 25.5. The normalized spacial score (nSPS) is 14.8. The Balaban J connectivity index is 1.30. The van der Waals surface area contributed by atoms with E-state index >= 15 is 0 Å². The average molecular weight is 446 g/mol. The van der Waals surface area contributed by atoms with Crippen LogP contribution in [0.25, 0.3) is 10.9 Å². The molecule has 0 spiro atoms. The monoisotopic (exact) mass is 445 g/mol. The summed E-state index contributed by atoms with van der Waals surface area (Å²) in [5.41, 5.74) is 6.91. The van der Waals surface area contributed by atoms with Crippen LogP contribution >= 0.6 is 23.2 Å². The van der Waals surface area contributed by atoms with Gasteiger partial charge in [0.1, 0.15) is 17.4 Å². The van der Waals surface area contributed by atoms with E-state index in [0.29, 0.717) is 47.1 Å². The molecule has 7 nitrogen and oxygen atoms in total. The highest BCUT2D eigenvalue weighted by Gasteiger charge is 2.22. The third-order valence-corrected chi connectivity index (χ3v) is 5.56. The second kappa shape index (κ2) is 9.04. The summed E-state index contributed by atoms with van der Waals surface area (Å²) in [6.07, 6.45) is 0. The Bertz CT molecular complexity index is 1070. The van der Waals surface area contributed by atoms with Crippen LogP contribution in [0.1, 0.15) is 5.82 Å². The van der Waals surface area contributed by atoms with Crippen molar-refractivity contribution in [2.24, 2.45) is 0 Å². The number of para-hydroxylation sites is 1. The van der Waals surface area contributed by atoms with Crippen LogP contribution in [0.3, 0.4) is 0 Å². The molecule has 0 atom stereocenters. The van der Waals surface area contributed by atoms with Gasteiger partial charge in [-0.1, -0.05) is 35.3 Å². The first kappa shape index (κ1) is 20.7. The zero-order valence-electron chi connectivity index (χ0n) is 16.2.